The molecular weight excluding hydrogens is 248 g/mol. The van der Waals surface area contributed by atoms with Crippen LogP contribution in [0.4, 0.5) is 0 Å². The van der Waals surface area contributed by atoms with Crippen molar-refractivity contribution in [3.8, 4) is 0 Å². The first-order valence-corrected chi connectivity index (χ1v) is 6.03. The maximum absolute atomic E-state index is 10.7. The zero-order valence-corrected chi connectivity index (χ0v) is 11.3. The molecule has 2 aromatic rings. The molecular formula is C14H14OS2. The average Bonchev–Trinajstić information content (AvgIpc) is 2.31. The van der Waals surface area contributed by atoms with E-state index < -0.39 is 0 Å². The van der Waals surface area contributed by atoms with Gasteiger partial charge in [0.25, 0.3) is 0 Å². The van der Waals surface area contributed by atoms with Crippen molar-refractivity contribution < 1.29 is 4.79 Å². The van der Waals surface area contributed by atoms with Crippen molar-refractivity contribution in [1.29, 1.82) is 0 Å². The van der Waals surface area contributed by atoms with Gasteiger partial charge >= 0.3 is 0 Å². The molecule has 0 N–H and O–H groups in total. The Morgan fingerprint density at radius 2 is 1.29 bits per heavy atom. The number of rotatable bonds is 1. The smallest absolute Gasteiger partial charge is 0.159 e. The Balaban J connectivity index is 0.000000181. The Bertz CT molecular complexity index is 463. The number of hydrogen-bond acceptors (Lipinski definition) is 3. The molecule has 0 aliphatic heterocycles. The highest BCUT2D eigenvalue weighted by atomic mass is 32.1. The first-order valence-electron chi connectivity index (χ1n) is 5.13. The fourth-order valence-corrected chi connectivity index (χ4v) is 1.45. The van der Waals surface area contributed by atoms with Gasteiger partial charge in [-0.15, -0.1) is 25.3 Å². The maximum Gasteiger partial charge on any atom is 0.159 e. The summed E-state index contributed by atoms with van der Waals surface area (Å²) in [6.07, 6.45) is 0. The van der Waals surface area contributed by atoms with Gasteiger partial charge in [-0.3, -0.25) is 4.79 Å². The standard InChI is InChI=1S/C8H8OS.C6H6S/c1-6(9)7-2-4-8(10)5-3-7;7-6-4-2-1-3-5-6/h2-5,10H,1H3;1-5,7H. The Hall–Kier alpha value is -1.19. The molecule has 17 heavy (non-hydrogen) atoms. The van der Waals surface area contributed by atoms with Crippen LogP contribution < -0.4 is 0 Å². The second kappa shape index (κ2) is 7.20. The molecule has 88 valence electrons. The van der Waals surface area contributed by atoms with Gasteiger partial charge in [-0.1, -0.05) is 30.3 Å². The van der Waals surface area contributed by atoms with Gasteiger partial charge in [-0.05, 0) is 31.2 Å². The zero-order chi connectivity index (χ0) is 12.7. The molecule has 0 unspecified atom stereocenters. The molecule has 1 nitrogen and oxygen atoms in total. The minimum atomic E-state index is 0.0910. The molecule has 0 aliphatic rings. The van der Waals surface area contributed by atoms with Crippen LogP contribution in [-0.4, -0.2) is 5.78 Å². The predicted molar refractivity (Wildman–Crippen MR) is 77.4 cm³/mol. The summed E-state index contributed by atoms with van der Waals surface area (Å²) in [4.78, 5) is 12.6. The van der Waals surface area contributed by atoms with Gasteiger partial charge in [0.05, 0.1) is 0 Å². The monoisotopic (exact) mass is 262 g/mol. The Labute approximate surface area is 113 Å². The molecule has 2 rings (SSSR count). The van der Waals surface area contributed by atoms with Crippen LogP contribution in [-0.2, 0) is 0 Å². The molecule has 0 atom stereocenters. The fraction of sp³-hybridized carbons (Fsp3) is 0.0714. The third-order valence-corrected chi connectivity index (χ3v) is 2.63. The van der Waals surface area contributed by atoms with Gasteiger partial charge in [-0.2, -0.15) is 0 Å². The Morgan fingerprint density at radius 1 is 0.824 bits per heavy atom. The van der Waals surface area contributed by atoms with Gasteiger partial charge in [0, 0.05) is 15.4 Å². The van der Waals surface area contributed by atoms with Crippen molar-refractivity contribution in [3.63, 3.8) is 0 Å². The van der Waals surface area contributed by atoms with Crippen molar-refractivity contribution >= 4 is 31.0 Å². The van der Waals surface area contributed by atoms with E-state index in [-0.39, 0.29) is 5.78 Å². The Morgan fingerprint density at radius 3 is 1.65 bits per heavy atom. The van der Waals surface area contributed by atoms with Crippen LogP contribution in [0.3, 0.4) is 0 Å². The molecule has 0 heterocycles. The topological polar surface area (TPSA) is 17.1 Å². The SMILES string of the molecule is CC(=O)c1ccc(S)cc1.Sc1ccccc1. The number of carbonyl (C=O) groups excluding carboxylic acids is 1. The minimum absolute atomic E-state index is 0.0910. The van der Waals surface area contributed by atoms with Gasteiger partial charge < -0.3 is 0 Å². The van der Waals surface area contributed by atoms with Crippen molar-refractivity contribution in [2.45, 2.75) is 16.7 Å². The number of Topliss-reactive ketones (excluding diaryl/α,β-unsaturated/α-hetero) is 1. The van der Waals surface area contributed by atoms with E-state index in [9.17, 15) is 4.79 Å². The molecule has 0 bridgehead atoms. The predicted octanol–water partition coefficient (Wildman–Crippen LogP) is 4.15. The zero-order valence-electron chi connectivity index (χ0n) is 9.50. The number of hydrogen-bond donors (Lipinski definition) is 2. The van der Waals surface area contributed by atoms with E-state index in [1.54, 1.807) is 31.2 Å². The molecule has 0 amide bonds. The lowest BCUT2D eigenvalue weighted by Crippen LogP contribution is -1.89. The summed E-state index contributed by atoms with van der Waals surface area (Å²) >= 11 is 8.17. The van der Waals surface area contributed by atoms with Crippen molar-refractivity contribution in [2.75, 3.05) is 0 Å². The summed E-state index contributed by atoms with van der Waals surface area (Å²) in [5.41, 5.74) is 0.734. The third kappa shape index (κ3) is 5.61. The van der Waals surface area contributed by atoms with Crippen LogP contribution in [0.25, 0.3) is 0 Å². The van der Waals surface area contributed by atoms with E-state index in [4.69, 9.17) is 0 Å². The first kappa shape index (κ1) is 13.9. The van der Waals surface area contributed by atoms with Crippen LogP contribution in [0.5, 0.6) is 0 Å². The summed E-state index contributed by atoms with van der Waals surface area (Å²) in [5, 5.41) is 0. The van der Waals surface area contributed by atoms with Gasteiger partial charge in [-0.25, -0.2) is 0 Å². The van der Waals surface area contributed by atoms with E-state index >= 15 is 0 Å². The third-order valence-electron chi connectivity index (χ3n) is 2.03. The van der Waals surface area contributed by atoms with Crippen LogP contribution in [0.15, 0.2) is 64.4 Å². The van der Waals surface area contributed by atoms with Crippen LogP contribution in [0, 0.1) is 0 Å². The average molecular weight is 262 g/mol. The fourth-order valence-electron chi connectivity index (χ4n) is 1.12. The molecule has 0 aromatic heterocycles. The highest BCUT2D eigenvalue weighted by molar-refractivity contribution is 7.80. The van der Waals surface area contributed by atoms with Crippen LogP contribution in [0.2, 0.25) is 0 Å². The lowest BCUT2D eigenvalue weighted by atomic mass is 10.2. The van der Waals surface area contributed by atoms with E-state index in [0.717, 1.165) is 15.4 Å². The van der Waals surface area contributed by atoms with Crippen molar-refractivity contribution in [2.24, 2.45) is 0 Å². The second-order valence-electron chi connectivity index (χ2n) is 3.44. The normalized spacial score (nSPS) is 9.12. The lowest BCUT2D eigenvalue weighted by molar-refractivity contribution is 0.101. The van der Waals surface area contributed by atoms with Gasteiger partial charge in [0.2, 0.25) is 0 Å². The molecule has 0 saturated carbocycles. The Kier molecular flexibility index (Phi) is 5.87. The highest BCUT2D eigenvalue weighted by Crippen LogP contribution is 2.07. The summed E-state index contributed by atoms with van der Waals surface area (Å²) in [5.74, 6) is 0.0910. The molecule has 3 heteroatoms. The minimum Gasteiger partial charge on any atom is -0.295 e. The van der Waals surface area contributed by atoms with Crippen LogP contribution >= 0.6 is 25.3 Å². The van der Waals surface area contributed by atoms with Gasteiger partial charge in [0.15, 0.2) is 5.78 Å². The second-order valence-corrected chi connectivity index (χ2v) is 4.47. The first-order chi connectivity index (χ1) is 8.09. The summed E-state index contributed by atoms with van der Waals surface area (Å²) in [6, 6.07) is 16.9. The summed E-state index contributed by atoms with van der Waals surface area (Å²) < 4.78 is 0. The van der Waals surface area contributed by atoms with E-state index in [2.05, 4.69) is 25.3 Å². The van der Waals surface area contributed by atoms with E-state index in [1.165, 1.54) is 0 Å². The quantitative estimate of drug-likeness (QED) is 0.583. The molecule has 0 fully saturated rings. The van der Waals surface area contributed by atoms with Gasteiger partial charge in [0.1, 0.15) is 0 Å². The number of thiol groups is 2. The molecule has 0 saturated heterocycles. The van der Waals surface area contributed by atoms with Crippen molar-refractivity contribution in [1.82, 2.24) is 0 Å². The largest absolute Gasteiger partial charge is 0.295 e. The van der Waals surface area contributed by atoms with Crippen molar-refractivity contribution in [3.05, 3.63) is 60.2 Å². The van der Waals surface area contributed by atoms with E-state index in [0.29, 0.717) is 0 Å². The maximum atomic E-state index is 10.7. The van der Waals surface area contributed by atoms with Crippen LogP contribution in [0.1, 0.15) is 17.3 Å². The molecule has 0 aliphatic carbocycles. The molecule has 0 spiro atoms. The number of carbonyl (C=O) groups is 1. The number of ketones is 1. The lowest BCUT2D eigenvalue weighted by Gasteiger charge is -1.93. The summed E-state index contributed by atoms with van der Waals surface area (Å²) in [6.45, 7) is 1.55. The number of benzene rings is 2. The molecule has 0 radical (unpaired) electrons. The molecule has 2 aromatic carbocycles. The highest BCUT2D eigenvalue weighted by Gasteiger charge is 1.95. The van der Waals surface area contributed by atoms with E-state index in [1.807, 2.05) is 30.3 Å². The summed E-state index contributed by atoms with van der Waals surface area (Å²) in [7, 11) is 0.